The molecular weight excluding hydrogens is 224 g/mol. The molecule has 1 aromatic rings. The molecule has 17 heavy (non-hydrogen) atoms. The van der Waals surface area contributed by atoms with Crippen molar-refractivity contribution >= 4 is 0 Å². The molecule has 0 radical (unpaired) electrons. The molecule has 0 saturated carbocycles. The van der Waals surface area contributed by atoms with Crippen molar-refractivity contribution in [1.29, 1.82) is 0 Å². The Kier molecular flexibility index (Phi) is 3.94. The second-order valence-corrected chi connectivity index (χ2v) is 4.48. The molecule has 0 bridgehead atoms. The van der Waals surface area contributed by atoms with Gasteiger partial charge >= 0.3 is 0 Å². The molecule has 94 valence electrons. The lowest BCUT2D eigenvalue weighted by molar-refractivity contribution is 0.362. The molecule has 4 heteroatoms. The third-order valence-corrected chi connectivity index (χ3v) is 3.28. The lowest BCUT2D eigenvalue weighted by Gasteiger charge is -2.22. The summed E-state index contributed by atoms with van der Waals surface area (Å²) in [5.74, 6) is -0.747. The van der Waals surface area contributed by atoms with E-state index in [9.17, 15) is 8.78 Å². The number of methoxy groups -OCH3 is 1. The van der Waals surface area contributed by atoms with E-state index >= 15 is 0 Å². The van der Waals surface area contributed by atoms with Crippen LogP contribution in [-0.2, 0) is 6.42 Å². The highest BCUT2D eigenvalue weighted by atomic mass is 19.2. The van der Waals surface area contributed by atoms with Crippen molar-refractivity contribution in [1.82, 2.24) is 5.32 Å². The van der Waals surface area contributed by atoms with Crippen LogP contribution >= 0.6 is 0 Å². The fraction of sp³-hybridized carbons (Fsp3) is 0.538. The molecule has 0 spiro atoms. The Morgan fingerprint density at radius 3 is 2.65 bits per heavy atom. The van der Waals surface area contributed by atoms with Gasteiger partial charge in [-0.3, -0.25) is 0 Å². The van der Waals surface area contributed by atoms with E-state index in [1.165, 1.54) is 7.11 Å². The molecule has 1 N–H and O–H groups in total. The lowest BCUT2D eigenvalue weighted by atomic mass is 9.90. The molecule has 0 aliphatic carbocycles. The zero-order valence-electron chi connectivity index (χ0n) is 9.93. The Hall–Kier alpha value is -1.16. The highest BCUT2D eigenvalue weighted by Crippen LogP contribution is 2.25. The van der Waals surface area contributed by atoms with E-state index in [2.05, 4.69) is 5.32 Å². The van der Waals surface area contributed by atoms with Gasteiger partial charge in [-0.1, -0.05) is 0 Å². The Bertz CT molecular complexity index is 389. The van der Waals surface area contributed by atoms with Crippen LogP contribution in [0.4, 0.5) is 8.78 Å². The van der Waals surface area contributed by atoms with Crippen molar-refractivity contribution in [3.63, 3.8) is 0 Å². The van der Waals surface area contributed by atoms with Gasteiger partial charge in [-0.2, -0.15) is 0 Å². The van der Waals surface area contributed by atoms with Gasteiger partial charge in [0, 0.05) is 6.07 Å². The maximum Gasteiger partial charge on any atom is 0.162 e. The summed E-state index contributed by atoms with van der Waals surface area (Å²) in [6, 6.07) is 2.68. The van der Waals surface area contributed by atoms with E-state index in [-0.39, 0.29) is 0 Å². The van der Waals surface area contributed by atoms with E-state index in [1.54, 1.807) is 6.07 Å². The van der Waals surface area contributed by atoms with Crippen LogP contribution in [-0.4, -0.2) is 20.2 Å². The van der Waals surface area contributed by atoms with Crippen LogP contribution < -0.4 is 10.1 Å². The quantitative estimate of drug-likeness (QED) is 0.878. The van der Waals surface area contributed by atoms with E-state index < -0.39 is 11.6 Å². The summed E-state index contributed by atoms with van der Waals surface area (Å²) < 4.78 is 31.9. The van der Waals surface area contributed by atoms with Crippen molar-refractivity contribution in [3.8, 4) is 5.75 Å². The van der Waals surface area contributed by atoms with E-state index in [1.807, 2.05) is 0 Å². The highest BCUT2D eigenvalue weighted by Gasteiger charge is 2.18. The molecule has 0 amide bonds. The molecular formula is C13H17F2NO. The summed E-state index contributed by atoms with van der Waals surface area (Å²) in [7, 11) is 1.46. The van der Waals surface area contributed by atoms with E-state index in [0.717, 1.165) is 32.0 Å². The standard InChI is InChI=1S/C13H17F2NO/c1-17-11-7-10(13(15)12(14)8-11)6-9-2-4-16-5-3-9/h7-9,16H,2-6H2,1H3. The fourth-order valence-electron chi connectivity index (χ4n) is 2.28. The first-order chi connectivity index (χ1) is 8.20. The molecule has 1 fully saturated rings. The SMILES string of the molecule is COc1cc(F)c(F)c(CC2CCNCC2)c1. The van der Waals surface area contributed by atoms with Crippen LogP contribution in [0.25, 0.3) is 0 Å². The molecule has 0 unspecified atom stereocenters. The summed E-state index contributed by atoms with van der Waals surface area (Å²) in [4.78, 5) is 0. The average Bonchev–Trinajstić information content (AvgIpc) is 2.36. The number of piperidine rings is 1. The summed E-state index contributed by atoms with van der Waals surface area (Å²) in [6.07, 6.45) is 2.61. The van der Waals surface area contributed by atoms with Gasteiger partial charge in [0.25, 0.3) is 0 Å². The number of nitrogens with one attached hydrogen (secondary N) is 1. The van der Waals surface area contributed by atoms with Crippen LogP contribution in [0.2, 0.25) is 0 Å². The lowest BCUT2D eigenvalue weighted by Crippen LogP contribution is -2.28. The smallest absolute Gasteiger partial charge is 0.162 e. The van der Waals surface area contributed by atoms with Gasteiger partial charge in [-0.05, 0) is 49.9 Å². The van der Waals surface area contributed by atoms with Crippen molar-refractivity contribution in [3.05, 3.63) is 29.3 Å². The van der Waals surface area contributed by atoms with Crippen molar-refractivity contribution in [2.24, 2.45) is 5.92 Å². The summed E-state index contributed by atoms with van der Waals surface area (Å²) in [5.41, 5.74) is 0.425. The maximum absolute atomic E-state index is 13.6. The van der Waals surface area contributed by atoms with Gasteiger partial charge in [-0.15, -0.1) is 0 Å². The van der Waals surface area contributed by atoms with Gasteiger partial charge in [0.1, 0.15) is 5.75 Å². The van der Waals surface area contributed by atoms with Crippen LogP contribution in [0.15, 0.2) is 12.1 Å². The van der Waals surface area contributed by atoms with Crippen molar-refractivity contribution in [2.75, 3.05) is 20.2 Å². The molecule has 1 aromatic carbocycles. The zero-order chi connectivity index (χ0) is 12.3. The Labute approximate surface area is 100.0 Å². The van der Waals surface area contributed by atoms with Gasteiger partial charge < -0.3 is 10.1 Å². The number of rotatable bonds is 3. The van der Waals surface area contributed by atoms with Crippen molar-refractivity contribution < 1.29 is 13.5 Å². The minimum absolute atomic E-state index is 0.382. The first kappa shape index (κ1) is 12.3. The number of halogens is 2. The normalized spacial score (nSPS) is 17.1. The monoisotopic (exact) mass is 241 g/mol. The topological polar surface area (TPSA) is 21.3 Å². The third-order valence-electron chi connectivity index (χ3n) is 3.28. The Morgan fingerprint density at radius 2 is 2.00 bits per heavy atom. The first-order valence-electron chi connectivity index (χ1n) is 5.93. The summed E-state index contributed by atoms with van der Waals surface area (Å²) >= 11 is 0. The summed E-state index contributed by atoms with van der Waals surface area (Å²) in [5, 5.41) is 3.26. The van der Waals surface area contributed by atoms with Crippen LogP contribution in [0.5, 0.6) is 5.75 Å². The van der Waals surface area contributed by atoms with E-state index in [4.69, 9.17) is 4.74 Å². The predicted molar refractivity (Wildman–Crippen MR) is 62.2 cm³/mol. The van der Waals surface area contributed by atoms with Crippen molar-refractivity contribution in [2.45, 2.75) is 19.3 Å². The fourth-order valence-corrected chi connectivity index (χ4v) is 2.28. The third kappa shape index (κ3) is 2.94. The van der Waals surface area contributed by atoms with Crippen LogP contribution in [0.1, 0.15) is 18.4 Å². The second-order valence-electron chi connectivity index (χ2n) is 4.48. The molecule has 2 nitrogen and oxygen atoms in total. The van der Waals surface area contributed by atoms with Crippen LogP contribution in [0.3, 0.4) is 0 Å². The minimum Gasteiger partial charge on any atom is -0.497 e. The molecule has 1 heterocycles. The summed E-state index contributed by atoms with van der Waals surface area (Å²) in [6.45, 7) is 1.91. The van der Waals surface area contributed by atoms with E-state index in [0.29, 0.717) is 23.7 Å². The van der Waals surface area contributed by atoms with Gasteiger partial charge in [0.15, 0.2) is 11.6 Å². The van der Waals surface area contributed by atoms with Crippen LogP contribution in [0, 0.1) is 17.6 Å². The van der Waals surface area contributed by atoms with Gasteiger partial charge in [0.2, 0.25) is 0 Å². The Balaban J connectivity index is 2.15. The minimum atomic E-state index is -0.826. The molecule has 2 rings (SSSR count). The number of benzene rings is 1. The molecule has 0 aromatic heterocycles. The maximum atomic E-state index is 13.6. The second kappa shape index (κ2) is 5.45. The molecule has 1 aliphatic rings. The number of hydrogen-bond acceptors (Lipinski definition) is 2. The van der Waals surface area contributed by atoms with Gasteiger partial charge in [-0.25, -0.2) is 8.78 Å². The number of ether oxygens (including phenoxy) is 1. The largest absolute Gasteiger partial charge is 0.497 e. The molecule has 1 aliphatic heterocycles. The highest BCUT2D eigenvalue weighted by molar-refractivity contribution is 5.31. The van der Waals surface area contributed by atoms with Gasteiger partial charge in [0.05, 0.1) is 7.11 Å². The molecule has 1 saturated heterocycles. The average molecular weight is 241 g/mol. The number of hydrogen-bond donors (Lipinski definition) is 1. The Morgan fingerprint density at radius 1 is 1.29 bits per heavy atom. The zero-order valence-corrected chi connectivity index (χ0v) is 9.93. The predicted octanol–water partition coefficient (Wildman–Crippen LogP) is 2.52. The molecule has 0 atom stereocenters. The first-order valence-corrected chi connectivity index (χ1v) is 5.93.